The fraction of sp³-hybridized carbons (Fsp3) is 0.0800. The lowest BCUT2D eigenvalue weighted by Gasteiger charge is -2.08. The zero-order chi connectivity index (χ0) is 23.8. The van der Waals surface area contributed by atoms with E-state index in [2.05, 4.69) is 0 Å². The highest BCUT2D eigenvalue weighted by Crippen LogP contribution is 2.20. The van der Waals surface area contributed by atoms with Gasteiger partial charge in [0.1, 0.15) is 17.1 Å². The standard InChI is InChI=1S/C25H18O8/c1-16(26)31-22-10-6-5-9-20(22)24(29)33-23(28)18-11-13-19(14-12-18)32-25(30)21(27)15-17-7-3-2-4-8-17/h2-14H,15H2,1H3. The molecule has 0 unspecified atom stereocenters. The van der Waals surface area contributed by atoms with E-state index in [1.807, 2.05) is 0 Å². The summed E-state index contributed by atoms with van der Waals surface area (Å²) < 4.78 is 14.8. The van der Waals surface area contributed by atoms with Crippen molar-refractivity contribution in [3.8, 4) is 11.5 Å². The molecule has 8 nitrogen and oxygen atoms in total. The Bertz CT molecular complexity index is 1200. The number of ether oxygens (including phenoxy) is 3. The molecule has 0 fully saturated rings. The molecule has 0 aliphatic rings. The van der Waals surface area contributed by atoms with Crippen LogP contribution in [-0.4, -0.2) is 29.7 Å². The maximum absolute atomic E-state index is 12.3. The lowest BCUT2D eigenvalue weighted by atomic mass is 10.1. The van der Waals surface area contributed by atoms with Crippen molar-refractivity contribution in [2.45, 2.75) is 13.3 Å². The zero-order valence-electron chi connectivity index (χ0n) is 17.5. The van der Waals surface area contributed by atoms with E-state index in [0.29, 0.717) is 5.56 Å². The third-order valence-electron chi connectivity index (χ3n) is 4.28. The zero-order valence-corrected chi connectivity index (χ0v) is 17.5. The van der Waals surface area contributed by atoms with Crippen LogP contribution >= 0.6 is 0 Å². The first kappa shape index (κ1) is 23.1. The minimum Gasteiger partial charge on any atom is -0.426 e. The van der Waals surface area contributed by atoms with E-state index < -0.39 is 29.7 Å². The van der Waals surface area contributed by atoms with Crippen molar-refractivity contribution in [2.75, 3.05) is 0 Å². The fourth-order valence-electron chi connectivity index (χ4n) is 2.75. The average molecular weight is 446 g/mol. The molecule has 0 atom stereocenters. The normalized spacial score (nSPS) is 10.1. The highest BCUT2D eigenvalue weighted by atomic mass is 16.6. The van der Waals surface area contributed by atoms with Gasteiger partial charge >= 0.3 is 23.9 Å². The van der Waals surface area contributed by atoms with Gasteiger partial charge in [0.25, 0.3) is 0 Å². The van der Waals surface area contributed by atoms with E-state index in [1.165, 1.54) is 49.4 Å². The summed E-state index contributed by atoms with van der Waals surface area (Å²) in [5.41, 5.74) is 0.588. The number of hydrogen-bond donors (Lipinski definition) is 0. The number of para-hydroxylation sites is 1. The van der Waals surface area contributed by atoms with E-state index in [9.17, 15) is 24.0 Å². The van der Waals surface area contributed by atoms with Gasteiger partial charge in [-0.2, -0.15) is 0 Å². The van der Waals surface area contributed by atoms with Crippen LogP contribution < -0.4 is 9.47 Å². The Morgan fingerprint density at radius 1 is 0.697 bits per heavy atom. The minimum absolute atomic E-state index is 0.00345. The lowest BCUT2D eigenvalue weighted by Crippen LogP contribution is -2.22. The van der Waals surface area contributed by atoms with E-state index in [1.54, 1.807) is 36.4 Å². The van der Waals surface area contributed by atoms with Gasteiger partial charge in [0.05, 0.1) is 5.56 Å². The summed E-state index contributed by atoms with van der Waals surface area (Å²) in [7, 11) is 0. The molecule has 8 heteroatoms. The maximum Gasteiger partial charge on any atom is 0.380 e. The topological polar surface area (TPSA) is 113 Å². The molecule has 3 aromatic rings. The van der Waals surface area contributed by atoms with Gasteiger partial charge in [-0.15, -0.1) is 0 Å². The maximum atomic E-state index is 12.3. The molecule has 0 N–H and O–H groups in total. The molecule has 0 radical (unpaired) electrons. The molecule has 0 bridgehead atoms. The Balaban J connectivity index is 1.60. The molecule has 3 aromatic carbocycles. The number of hydrogen-bond acceptors (Lipinski definition) is 8. The number of benzene rings is 3. The van der Waals surface area contributed by atoms with E-state index in [0.717, 1.165) is 0 Å². The number of esters is 4. The Labute approximate surface area is 188 Å². The van der Waals surface area contributed by atoms with Gasteiger partial charge in [-0.3, -0.25) is 9.59 Å². The summed E-state index contributed by atoms with van der Waals surface area (Å²) in [6, 6.07) is 19.7. The van der Waals surface area contributed by atoms with Crippen LogP contribution in [0.5, 0.6) is 11.5 Å². The van der Waals surface area contributed by atoms with E-state index in [-0.39, 0.29) is 29.0 Å². The molecule has 0 saturated carbocycles. The Morgan fingerprint density at radius 2 is 1.33 bits per heavy atom. The average Bonchev–Trinajstić information content (AvgIpc) is 2.80. The Hall–Kier alpha value is -4.59. The van der Waals surface area contributed by atoms with Crippen molar-refractivity contribution in [3.05, 3.63) is 95.6 Å². The first-order valence-corrected chi connectivity index (χ1v) is 9.76. The summed E-state index contributed by atoms with van der Waals surface area (Å²) in [5.74, 6) is -4.34. The second-order valence-electron chi connectivity index (χ2n) is 6.77. The molecule has 0 aromatic heterocycles. The summed E-state index contributed by atoms with van der Waals surface area (Å²) in [5, 5.41) is 0. The van der Waals surface area contributed by atoms with Crippen LogP contribution in [0.3, 0.4) is 0 Å². The van der Waals surface area contributed by atoms with Crippen LogP contribution in [0.1, 0.15) is 33.2 Å². The molecule has 0 saturated heterocycles. The summed E-state index contributed by atoms with van der Waals surface area (Å²) in [6.07, 6.45) is -0.0962. The first-order chi connectivity index (χ1) is 15.8. The molecular formula is C25H18O8. The van der Waals surface area contributed by atoms with E-state index in [4.69, 9.17) is 14.2 Å². The number of carbonyl (C=O) groups is 5. The fourth-order valence-corrected chi connectivity index (χ4v) is 2.75. The Kier molecular flexibility index (Phi) is 7.43. The lowest BCUT2D eigenvalue weighted by molar-refractivity contribution is -0.146. The minimum atomic E-state index is -1.04. The highest BCUT2D eigenvalue weighted by Gasteiger charge is 2.20. The summed E-state index contributed by atoms with van der Waals surface area (Å²) >= 11 is 0. The molecule has 0 aliphatic heterocycles. The number of carbonyl (C=O) groups excluding carboxylic acids is 5. The van der Waals surface area contributed by atoms with Gasteiger partial charge in [-0.05, 0) is 42.0 Å². The van der Waals surface area contributed by atoms with E-state index >= 15 is 0 Å². The smallest absolute Gasteiger partial charge is 0.380 e. The van der Waals surface area contributed by atoms with Crippen molar-refractivity contribution >= 4 is 29.7 Å². The van der Waals surface area contributed by atoms with Crippen molar-refractivity contribution in [1.82, 2.24) is 0 Å². The van der Waals surface area contributed by atoms with Crippen molar-refractivity contribution < 1.29 is 38.2 Å². The van der Waals surface area contributed by atoms with Crippen LogP contribution in [0, 0.1) is 0 Å². The van der Waals surface area contributed by atoms with Gasteiger partial charge in [-0.1, -0.05) is 42.5 Å². The molecule has 0 amide bonds. The molecular weight excluding hydrogens is 428 g/mol. The predicted molar refractivity (Wildman–Crippen MR) is 115 cm³/mol. The van der Waals surface area contributed by atoms with Gasteiger partial charge < -0.3 is 14.2 Å². The number of rotatable bonds is 7. The van der Waals surface area contributed by atoms with Crippen LogP contribution in [-0.2, 0) is 25.5 Å². The predicted octanol–water partition coefficient (Wildman–Crippen LogP) is 3.33. The third-order valence-corrected chi connectivity index (χ3v) is 4.28. The number of Topliss-reactive ketones (excluding diaryl/α,β-unsaturated/α-hetero) is 1. The van der Waals surface area contributed by atoms with Gasteiger partial charge in [0.15, 0.2) is 0 Å². The van der Waals surface area contributed by atoms with Crippen molar-refractivity contribution in [3.63, 3.8) is 0 Å². The molecule has 33 heavy (non-hydrogen) atoms. The monoisotopic (exact) mass is 446 g/mol. The second kappa shape index (κ2) is 10.6. The molecule has 166 valence electrons. The SMILES string of the molecule is CC(=O)Oc1ccccc1C(=O)OC(=O)c1ccc(OC(=O)C(=O)Cc2ccccc2)cc1. The van der Waals surface area contributed by atoms with Gasteiger partial charge in [0.2, 0.25) is 5.78 Å². The second-order valence-corrected chi connectivity index (χ2v) is 6.77. The molecule has 0 spiro atoms. The third kappa shape index (κ3) is 6.44. The Morgan fingerprint density at radius 3 is 2.00 bits per heavy atom. The van der Waals surface area contributed by atoms with Crippen LogP contribution in [0.15, 0.2) is 78.9 Å². The van der Waals surface area contributed by atoms with Crippen LogP contribution in [0.25, 0.3) is 0 Å². The molecule has 0 aliphatic carbocycles. The highest BCUT2D eigenvalue weighted by molar-refractivity contribution is 6.34. The van der Waals surface area contributed by atoms with Crippen molar-refractivity contribution in [1.29, 1.82) is 0 Å². The van der Waals surface area contributed by atoms with Crippen LogP contribution in [0.2, 0.25) is 0 Å². The van der Waals surface area contributed by atoms with Crippen molar-refractivity contribution in [2.24, 2.45) is 0 Å². The first-order valence-electron chi connectivity index (χ1n) is 9.76. The molecule has 3 rings (SSSR count). The van der Waals surface area contributed by atoms with Crippen LogP contribution in [0.4, 0.5) is 0 Å². The number of ketones is 1. The summed E-state index contributed by atoms with van der Waals surface area (Å²) in [4.78, 5) is 59.8. The summed E-state index contributed by atoms with van der Waals surface area (Å²) in [6.45, 7) is 1.18. The molecule has 0 heterocycles. The largest absolute Gasteiger partial charge is 0.426 e. The van der Waals surface area contributed by atoms with Gasteiger partial charge in [0, 0.05) is 13.3 Å². The van der Waals surface area contributed by atoms with Gasteiger partial charge in [-0.25, -0.2) is 14.4 Å². The quantitative estimate of drug-likeness (QED) is 0.235.